The van der Waals surface area contributed by atoms with E-state index in [4.69, 9.17) is 9.36 Å². The molecule has 0 bridgehead atoms. The van der Waals surface area contributed by atoms with Crippen LogP contribution in [0.25, 0.3) is 11.1 Å². The molecule has 9 heteroatoms. The molecule has 0 N–H and O–H groups in total. The molecule has 2 aliphatic heterocycles. The molecule has 2 aliphatic rings. The van der Waals surface area contributed by atoms with E-state index in [0.717, 1.165) is 43.0 Å². The number of likely N-dealkylation sites (N-methyl/N-ethyl adjacent to an activating group) is 1. The maximum Gasteiger partial charge on any atom is 0.254 e. The number of piperazine rings is 1. The van der Waals surface area contributed by atoms with Crippen molar-refractivity contribution >= 4 is 11.6 Å². The minimum atomic E-state index is -0.352. The third-order valence-corrected chi connectivity index (χ3v) is 6.61. The minimum Gasteiger partial charge on any atom is -0.399 e. The fourth-order valence-corrected chi connectivity index (χ4v) is 4.61. The minimum absolute atomic E-state index is 0.0960. The Labute approximate surface area is 205 Å². The zero-order valence-corrected chi connectivity index (χ0v) is 20.1. The monoisotopic (exact) mass is 474 g/mol. The van der Waals surface area contributed by atoms with Crippen molar-refractivity contribution in [1.29, 1.82) is 0 Å². The third-order valence-electron chi connectivity index (χ3n) is 6.61. The van der Waals surface area contributed by atoms with Gasteiger partial charge in [-0.05, 0) is 30.3 Å². The maximum atomic E-state index is 13.5. The first-order chi connectivity index (χ1) is 17.1. The number of oxime groups is 1. The molecule has 2 saturated heterocycles. The number of hydrogen-bond donors (Lipinski definition) is 0. The van der Waals surface area contributed by atoms with Crippen molar-refractivity contribution in [2.45, 2.75) is 19.0 Å². The molecule has 0 aliphatic carbocycles. The summed E-state index contributed by atoms with van der Waals surface area (Å²) in [6.07, 6.45) is 0.509. The summed E-state index contributed by atoms with van der Waals surface area (Å²) in [6.45, 7) is 4.94. The Balaban J connectivity index is 1.33. The largest absolute Gasteiger partial charge is 0.399 e. The smallest absolute Gasteiger partial charge is 0.254 e. The number of likely N-dealkylation sites (tertiary alicyclic amines) is 1. The van der Waals surface area contributed by atoms with Gasteiger partial charge in [-0.3, -0.25) is 9.69 Å². The van der Waals surface area contributed by atoms with Gasteiger partial charge in [0.1, 0.15) is 13.2 Å². The SMILES string of the molecule is CON=C1C[C@@H](c2noc(CN3CCN(C)CC3)n2)N(C(=O)c2ccc(-c3ccccc3)cc2)C1. The van der Waals surface area contributed by atoms with Crippen molar-refractivity contribution in [2.75, 3.05) is 46.9 Å². The molecule has 3 heterocycles. The quantitative estimate of drug-likeness (QED) is 0.508. The highest BCUT2D eigenvalue weighted by molar-refractivity contribution is 6.00. The normalized spacial score (nSPS) is 20.5. The van der Waals surface area contributed by atoms with Crippen LogP contribution >= 0.6 is 0 Å². The van der Waals surface area contributed by atoms with Gasteiger partial charge in [0.25, 0.3) is 5.91 Å². The van der Waals surface area contributed by atoms with E-state index in [1.807, 2.05) is 42.5 Å². The molecule has 1 aromatic heterocycles. The summed E-state index contributed by atoms with van der Waals surface area (Å²) < 4.78 is 5.57. The predicted octanol–water partition coefficient (Wildman–Crippen LogP) is 3.07. The summed E-state index contributed by atoms with van der Waals surface area (Å²) >= 11 is 0. The molecule has 2 aromatic carbocycles. The summed E-state index contributed by atoms with van der Waals surface area (Å²) in [5, 5.41) is 8.35. The number of rotatable bonds is 6. The van der Waals surface area contributed by atoms with Crippen molar-refractivity contribution in [2.24, 2.45) is 5.16 Å². The second-order valence-electron chi connectivity index (χ2n) is 9.06. The number of nitrogens with zero attached hydrogens (tertiary/aromatic N) is 6. The average Bonchev–Trinajstić information content (AvgIpc) is 3.53. The van der Waals surface area contributed by atoms with Gasteiger partial charge in [0, 0.05) is 38.2 Å². The third kappa shape index (κ3) is 5.26. The van der Waals surface area contributed by atoms with E-state index in [-0.39, 0.29) is 11.9 Å². The summed E-state index contributed by atoms with van der Waals surface area (Å²) in [6, 6.07) is 17.4. The highest BCUT2D eigenvalue weighted by Crippen LogP contribution is 2.31. The number of aromatic nitrogens is 2. The zero-order valence-electron chi connectivity index (χ0n) is 20.1. The Hall–Kier alpha value is -3.56. The molecule has 35 heavy (non-hydrogen) atoms. The predicted molar refractivity (Wildman–Crippen MR) is 132 cm³/mol. The summed E-state index contributed by atoms with van der Waals surface area (Å²) in [7, 11) is 3.64. The second-order valence-corrected chi connectivity index (χ2v) is 9.06. The van der Waals surface area contributed by atoms with E-state index in [0.29, 0.717) is 36.8 Å². The molecule has 0 spiro atoms. The van der Waals surface area contributed by atoms with Crippen LogP contribution in [0.5, 0.6) is 0 Å². The van der Waals surface area contributed by atoms with Gasteiger partial charge in [-0.2, -0.15) is 4.98 Å². The summed E-state index contributed by atoms with van der Waals surface area (Å²) in [5.74, 6) is 0.979. The summed E-state index contributed by atoms with van der Waals surface area (Å²) in [4.78, 5) is 29.5. The molecule has 5 rings (SSSR count). The fraction of sp³-hybridized carbons (Fsp3) is 0.385. The van der Waals surface area contributed by atoms with Crippen LogP contribution in [0.3, 0.4) is 0 Å². The van der Waals surface area contributed by atoms with Crippen molar-refractivity contribution < 1.29 is 14.2 Å². The molecular weight excluding hydrogens is 444 g/mol. The highest BCUT2D eigenvalue weighted by atomic mass is 16.6. The van der Waals surface area contributed by atoms with Crippen molar-refractivity contribution in [3.8, 4) is 11.1 Å². The standard InChI is InChI=1S/C26H30N6O3/c1-30-12-14-31(15-13-30)18-24-27-25(29-35-24)23-16-22(28-34-2)17-32(23)26(33)21-10-8-20(9-11-21)19-6-4-3-5-7-19/h3-11,23H,12-18H2,1-2H3/t23-/m0/s1. The Morgan fingerprint density at radius 1 is 1.06 bits per heavy atom. The molecule has 182 valence electrons. The van der Waals surface area contributed by atoms with Gasteiger partial charge < -0.3 is 19.2 Å². The molecule has 9 nitrogen and oxygen atoms in total. The van der Waals surface area contributed by atoms with Crippen LogP contribution in [0.1, 0.15) is 34.5 Å². The zero-order chi connectivity index (χ0) is 24.2. The van der Waals surface area contributed by atoms with Crippen LogP contribution in [0, 0.1) is 0 Å². The molecule has 1 amide bonds. The molecule has 0 radical (unpaired) electrons. The Kier molecular flexibility index (Phi) is 6.87. The first kappa shape index (κ1) is 23.2. The maximum absolute atomic E-state index is 13.5. The van der Waals surface area contributed by atoms with Gasteiger partial charge in [0.2, 0.25) is 5.89 Å². The topological polar surface area (TPSA) is 87.3 Å². The van der Waals surface area contributed by atoms with Crippen molar-refractivity contribution in [3.63, 3.8) is 0 Å². The lowest BCUT2D eigenvalue weighted by atomic mass is 10.0. The first-order valence-electron chi connectivity index (χ1n) is 11.9. The van der Waals surface area contributed by atoms with Gasteiger partial charge in [-0.25, -0.2) is 0 Å². The van der Waals surface area contributed by atoms with Crippen LogP contribution in [-0.4, -0.2) is 83.3 Å². The number of benzene rings is 2. The van der Waals surface area contributed by atoms with E-state index in [1.54, 1.807) is 4.90 Å². The van der Waals surface area contributed by atoms with E-state index in [2.05, 4.69) is 44.3 Å². The second kappa shape index (κ2) is 10.4. The number of hydrogen-bond acceptors (Lipinski definition) is 8. The summed E-state index contributed by atoms with van der Waals surface area (Å²) in [5.41, 5.74) is 3.56. The van der Waals surface area contributed by atoms with Gasteiger partial charge in [-0.1, -0.05) is 52.8 Å². The van der Waals surface area contributed by atoms with Crippen molar-refractivity contribution in [3.05, 3.63) is 71.9 Å². The van der Waals surface area contributed by atoms with Gasteiger partial charge in [0.15, 0.2) is 5.82 Å². The first-order valence-corrected chi connectivity index (χ1v) is 11.9. The van der Waals surface area contributed by atoms with Crippen molar-refractivity contribution in [1.82, 2.24) is 24.8 Å². The van der Waals surface area contributed by atoms with Gasteiger partial charge >= 0.3 is 0 Å². The Bertz CT molecular complexity index is 1170. The van der Waals surface area contributed by atoms with Crippen LogP contribution in [0.2, 0.25) is 0 Å². The van der Waals surface area contributed by atoms with Gasteiger partial charge in [0.05, 0.1) is 18.8 Å². The molecule has 3 aromatic rings. The van der Waals surface area contributed by atoms with Crippen LogP contribution in [0.4, 0.5) is 0 Å². The average molecular weight is 475 g/mol. The number of amides is 1. The Morgan fingerprint density at radius 3 is 2.49 bits per heavy atom. The van der Waals surface area contributed by atoms with E-state index in [1.165, 1.54) is 7.11 Å². The van der Waals surface area contributed by atoms with Gasteiger partial charge in [-0.15, -0.1) is 0 Å². The lowest BCUT2D eigenvalue weighted by Gasteiger charge is -2.31. The molecular formula is C26H30N6O3. The van der Waals surface area contributed by atoms with Crippen LogP contribution in [-0.2, 0) is 11.4 Å². The van der Waals surface area contributed by atoms with E-state index in [9.17, 15) is 4.79 Å². The molecule has 0 unspecified atom stereocenters. The molecule has 0 saturated carbocycles. The van der Waals surface area contributed by atoms with Crippen LogP contribution < -0.4 is 0 Å². The van der Waals surface area contributed by atoms with E-state index >= 15 is 0 Å². The fourth-order valence-electron chi connectivity index (χ4n) is 4.61. The number of carbonyl (C=O) groups excluding carboxylic acids is 1. The number of carbonyl (C=O) groups is 1. The van der Waals surface area contributed by atoms with E-state index < -0.39 is 0 Å². The highest BCUT2D eigenvalue weighted by Gasteiger charge is 2.38. The Morgan fingerprint density at radius 2 is 1.77 bits per heavy atom. The molecule has 2 fully saturated rings. The van der Waals surface area contributed by atoms with Crippen LogP contribution in [0.15, 0.2) is 64.3 Å². The lowest BCUT2D eigenvalue weighted by molar-refractivity contribution is 0.0732. The lowest BCUT2D eigenvalue weighted by Crippen LogP contribution is -2.43. The molecule has 1 atom stereocenters.